The van der Waals surface area contributed by atoms with Crippen molar-refractivity contribution in [2.75, 3.05) is 13.6 Å². The van der Waals surface area contributed by atoms with Crippen molar-refractivity contribution in [3.63, 3.8) is 0 Å². The van der Waals surface area contributed by atoms with Crippen LogP contribution in [0.1, 0.15) is 37.8 Å². The van der Waals surface area contributed by atoms with Gasteiger partial charge < -0.3 is 4.90 Å². The Hall–Kier alpha value is -1.31. The van der Waals surface area contributed by atoms with Crippen LogP contribution in [0.2, 0.25) is 0 Å². The molecule has 0 saturated heterocycles. The molecule has 1 amide bonds. The minimum Gasteiger partial charge on any atom is -0.345 e. The summed E-state index contributed by atoms with van der Waals surface area (Å²) in [5.41, 5.74) is 2.91. The predicted octanol–water partition coefficient (Wildman–Crippen LogP) is 3.14. The van der Waals surface area contributed by atoms with E-state index in [0.717, 1.165) is 6.54 Å². The summed E-state index contributed by atoms with van der Waals surface area (Å²) in [7, 11) is 1.93. The van der Waals surface area contributed by atoms with Crippen molar-refractivity contribution in [3.8, 4) is 0 Å². The summed E-state index contributed by atoms with van der Waals surface area (Å²) < 4.78 is 0. The zero-order chi connectivity index (χ0) is 13.3. The van der Waals surface area contributed by atoms with E-state index in [-0.39, 0.29) is 17.2 Å². The molecule has 0 spiro atoms. The first-order valence-electron chi connectivity index (χ1n) is 6.77. The smallest absolute Gasteiger partial charge is 0.224 e. The van der Waals surface area contributed by atoms with Gasteiger partial charge in [0.15, 0.2) is 0 Å². The Morgan fingerprint density at radius 1 is 1.28 bits per heavy atom. The van der Waals surface area contributed by atoms with Gasteiger partial charge in [-0.05, 0) is 25.3 Å². The van der Waals surface area contributed by atoms with Gasteiger partial charge in [-0.15, -0.1) is 0 Å². The van der Waals surface area contributed by atoms with E-state index in [1.807, 2.05) is 25.8 Å². The molecule has 1 saturated carbocycles. The van der Waals surface area contributed by atoms with Gasteiger partial charge in [0.25, 0.3) is 0 Å². The number of amides is 1. The van der Waals surface area contributed by atoms with Crippen LogP contribution >= 0.6 is 0 Å². The molecule has 0 heterocycles. The second-order valence-corrected chi connectivity index (χ2v) is 6.00. The van der Waals surface area contributed by atoms with E-state index in [4.69, 9.17) is 0 Å². The fourth-order valence-electron chi connectivity index (χ4n) is 2.57. The van der Waals surface area contributed by atoms with Crippen LogP contribution in [0, 0.1) is 12.8 Å². The van der Waals surface area contributed by atoms with Gasteiger partial charge >= 0.3 is 0 Å². The number of aryl methyl sites for hydroxylation is 1. The van der Waals surface area contributed by atoms with Crippen LogP contribution in [0.4, 0.5) is 0 Å². The van der Waals surface area contributed by atoms with Crippen LogP contribution in [0.15, 0.2) is 24.3 Å². The molecule has 2 heteroatoms. The Morgan fingerprint density at radius 2 is 1.83 bits per heavy atom. The summed E-state index contributed by atoms with van der Waals surface area (Å²) >= 11 is 0. The van der Waals surface area contributed by atoms with E-state index in [1.165, 1.54) is 24.0 Å². The molecular weight excluding hydrogens is 222 g/mol. The van der Waals surface area contributed by atoms with Gasteiger partial charge in [-0.3, -0.25) is 4.79 Å². The van der Waals surface area contributed by atoms with E-state index >= 15 is 0 Å². The van der Waals surface area contributed by atoms with Crippen molar-refractivity contribution in [2.45, 2.75) is 39.0 Å². The van der Waals surface area contributed by atoms with Gasteiger partial charge in [-0.25, -0.2) is 0 Å². The first-order valence-corrected chi connectivity index (χ1v) is 6.77. The molecule has 1 aromatic rings. The molecule has 0 N–H and O–H groups in total. The number of likely N-dealkylation sites (N-methyl/N-ethyl adjacent to an activating group) is 1. The molecular formula is C16H23NO. The lowest BCUT2D eigenvalue weighted by molar-refractivity contribution is -0.133. The van der Waals surface area contributed by atoms with Gasteiger partial charge in [0.2, 0.25) is 5.91 Å². The van der Waals surface area contributed by atoms with Crippen LogP contribution < -0.4 is 0 Å². The predicted molar refractivity (Wildman–Crippen MR) is 74.6 cm³/mol. The second kappa shape index (κ2) is 4.75. The number of carbonyl (C=O) groups is 1. The molecule has 0 radical (unpaired) electrons. The van der Waals surface area contributed by atoms with Crippen molar-refractivity contribution < 1.29 is 4.79 Å². The van der Waals surface area contributed by atoms with Crippen molar-refractivity contribution >= 4 is 5.91 Å². The third kappa shape index (κ3) is 2.58. The molecule has 0 unspecified atom stereocenters. The Morgan fingerprint density at radius 3 is 2.28 bits per heavy atom. The molecule has 0 atom stereocenters. The molecule has 1 aliphatic rings. The molecule has 2 rings (SSSR count). The summed E-state index contributed by atoms with van der Waals surface area (Å²) in [5.74, 6) is 0.331. The Bertz CT molecular complexity index is 429. The Kier molecular flexibility index (Phi) is 3.47. The topological polar surface area (TPSA) is 20.3 Å². The van der Waals surface area contributed by atoms with Gasteiger partial charge in [0.05, 0.1) is 0 Å². The van der Waals surface area contributed by atoms with E-state index in [1.54, 1.807) is 0 Å². The van der Waals surface area contributed by atoms with E-state index in [9.17, 15) is 4.79 Å². The monoisotopic (exact) mass is 245 g/mol. The average molecular weight is 245 g/mol. The molecule has 1 fully saturated rings. The lowest BCUT2D eigenvalue weighted by Gasteiger charge is -2.26. The number of carbonyl (C=O) groups excluding carboxylic acids is 1. The summed E-state index contributed by atoms with van der Waals surface area (Å²) in [6.45, 7) is 6.89. The highest BCUT2D eigenvalue weighted by Gasteiger charge is 2.45. The lowest BCUT2D eigenvalue weighted by atomic mass is 9.94. The molecule has 18 heavy (non-hydrogen) atoms. The van der Waals surface area contributed by atoms with Crippen molar-refractivity contribution in [2.24, 2.45) is 5.92 Å². The first-order chi connectivity index (χ1) is 8.44. The highest BCUT2D eigenvalue weighted by Crippen LogP contribution is 2.48. The Labute approximate surface area is 110 Å². The van der Waals surface area contributed by atoms with E-state index < -0.39 is 0 Å². The summed E-state index contributed by atoms with van der Waals surface area (Å²) in [5, 5.41) is 0. The highest BCUT2D eigenvalue weighted by atomic mass is 16.2. The standard InChI is InChI=1S/C16H23NO/c1-12(2)15(18)17(4)11-16(9-10-16)14-7-5-13(3)6-8-14/h5-8,12H,9-11H2,1-4H3. The van der Waals surface area contributed by atoms with Crippen molar-refractivity contribution in [1.29, 1.82) is 0 Å². The fraction of sp³-hybridized carbons (Fsp3) is 0.562. The van der Waals surface area contributed by atoms with Crippen molar-refractivity contribution in [3.05, 3.63) is 35.4 Å². The number of benzene rings is 1. The minimum atomic E-state index is 0.0869. The van der Waals surface area contributed by atoms with Crippen LogP contribution in [0.25, 0.3) is 0 Å². The van der Waals surface area contributed by atoms with Crippen LogP contribution in [-0.4, -0.2) is 24.4 Å². The Balaban J connectivity index is 2.09. The zero-order valence-electron chi connectivity index (χ0n) is 11.9. The quantitative estimate of drug-likeness (QED) is 0.798. The average Bonchev–Trinajstić information content (AvgIpc) is 3.09. The molecule has 0 bridgehead atoms. The number of hydrogen-bond donors (Lipinski definition) is 0. The van der Waals surface area contributed by atoms with Crippen LogP contribution in [0.3, 0.4) is 0 Å². The van der Waals surface area contributed by atoms with Gasteiger partial charge in [0.1, 0.15) is 0 Å². The maximum absolute atomic E-state index is 12.0. The van der Waals surface area contributed by atoms with Gasteiger partial charge in [0, 0.05) is 24.9 Å². The number of hydrogen-bond acceptors (Lipinski definition) is 1. The maximum atomic E-state index is 12.0. The molecule has 0 aromatic heterocycles. The molecule has 98 valence electrons. The normalized spacial score (nSPS) is 16.7. The second-order valence-electron chi connectivity index (χ2n) is 6.00. The lowest BCUT2D eigenvalue weighted by Crippen LogP contribution is -2.36. The number of rotatable bonds is 4. The summed E-state index contributed by atoms with van der Waals surface area (Å²) in [4.78, 5) is 13.9. The first kappa shape index (κ1) is 13.1. The maximum Gasteiger partial charge on any atom is 0.224 e. The third-order valence-electron chi connectivity index (χ3n) is 3.93. The molecule has 1 aliphatic carbocycles. The minimum absolute atomic E-state index is 0.0869. The largest absolute Gasteiger partial charge is 0.345 e. The van der Waals surface area contributed by atoms with Gasteiger partial charge in [-0.2, -0.15) is 0 Å². The molecule has 2 nitrogen and oxygen atoms in total. The summed E-state index contributed by atoms with van der Waals surface area (Å²) in [6, 6.07) is 8.77. The van der Waals surface area contributed by atoms with Crippen molar-refractivity contribution in [1.82, 2.24) is 4.90 Å². The molecule has 1 aromatic carbocycles. The fourth-order valence-corrected chi connectivity index (χ4v) is 2.57. The van der Waals surface area contributed by atoms with Crippen LogP contribution in [-0.2, 0) is 10.2 Å². The van der Waals surface area contributed by atoms with Crippen LogP contribution in [0.5, 0.6) is 0 Å². The summed E-state index contributed by atoms with van der Waals surface area (Å²) in [6.07, 6.45) is 2.40. The van der Waals surface area contributed by atoms with E-state index in [0.29, 0.717) is 0 Å². The molecule has 0 aliphatic heterocycles. The van der Waals surface area contributed by atoms with E-state index in [2.05, 4.69) is 31.2 Å². The third-order valence-corrected chi connectivity index (χ3v) is 3.93. The SMILES string of the molecule is Cc1ccc(C2(CN(C)C(=O)C(C)C)CC2)cc1. The zero-order valence-corrected chi connectivity index (χ0v) is 11.9. The van der Waals surface area contributed by atoms with Gasteiger partial charge in [-0.1, -0.05) is 43.7 Å². The number of nitrogens with zero attached hydrogens (tertiary/aromatic N) is 1. The highest BCUT2D eigenvalue weighted by molar-refractivity contribution is 5.78.